The number of aryl methyl sites for hydroxylation is 1. The van der Waals surface area contributed by atoms with Crippen molar-refractivity contribution in [2.24, 2.45) is 0 Å². The van der Waals surface area contributed by atoms with E-state index in [0.29, 0.717) is 17.7 Å². The van der Waals surface area contributed by atoms with Crippen molar-refractivity contribution in [3.05, 3.63) is 65.2 Å². The Bertz CT molecular complexity index is 752. The molecule has 0 fully saturated rings. The SMILES string of the molecule is Cc1ccccc1SCCCCCCCN1C(=O)c2ccccc2C1=O. The summed E-state index contributed by atoms with van der Waals surface area (Å²) in [6.07, 6.45) is 5.49. The second kappa shape index (κ2) is 9.04. The number of hydrogen-bond acceptors (Lipinski definition) is 3. The van der Waals surface area contributed by atoms with Crippen LogP contribution in [0.3, 0.4) is 0 Å². The predicted octanol–water partition coefficient (Wildman–Crippen LogP) is 5.33. The fourth-order valence-corrected chi connectivity index (χ4v) is 4.28. The van der Waals surface area contributed by atoms with Gasteiger partial charge in [0.2, 0.25) is 0 Å². The third-order valence-corrected chi connectivity index (χ3v) is 6.02. The van der Waals surface area contributed by atoms with Crippen LogP contribution >= 0.6 is 11.8 Å². The molecule has 0 unspecified atom stereocenters. The standard InChI is InChI=1S/C22H25NO2S/c1-17-11-5-8-14-20(17)26-16-10-4-2-3-9-15-23-21(24)18-12-6-7-13-19(18)22(23)25/h5-8,11-14H,2-4,9-10,15-16H2,1H3. The van der Waals surface area contributed by atoms with E-state index in [1.165, 1.54) is 28.2 Å². The minimum absolute atomic E-state index is 0.139. The average Bonchev–Trinajstić information content (AvgIpc) is 2.90. The van der Waals surface area contributed by atoms with Gasteiger partial charge in [0.05, 0.1) is 11.1 Å². The van der Waals surface area contributed by atoms with Crippen molar-refractivity contribution in [3.63, 3.8) is 0 Å². The van der Waals surface area contributed by atoms with Crippen LogP contribution in [-0.4, -0.2) is 29.0 Å². The van der Waals surface area contributed by atoms with Crippen molar-refractivity contribution >= 4 is 23.6 Å². The van der Waals surface area contributed by atoms with Gasteiger partial charge in [-0.05, 0) is 49.3 Å². The van der Waals surface area contributed by atoms with E-state index in [4.69, 9.17) is 0 Å². The number of thioether (sulfide) groups is 1. The van der Waals surface area contributed by atoms with Crippen molar-refractivity contribution in [1.29, 1.82) is 0 Å². The molecule has 2 amide bonds. The van der Waals surface area contributed by atoms with E-state index in [1.807, 2.05) is 23.9 Å². The summed E-state index contributed by atoms with van der Waals surface area (Å²) in [4.78, 5) is 27.3. The smallest absolute Gasteiger partial charge is 0.261 e. The molecule has 3 nitrogen and oxygen atoms in total. The molecule has 1 heterocycles. The van der Waals surface area contributed by atoms with E-state index in [-0.39, 0.29) is 11.8 Å². The highest BCUT2D eigenvalue weighted by Crippen LogP contribution is 2.24. The van der Waals surface area contributed by atoms with Crippen LogP contribution in [0.15, 0.2) is 53.4 Å². The molecule has 0 N–H and O–H groups in total. The summed E-state index contributed by atoms with van der Waals surface area (Å²) in [5.41, 5.74) is 2.44. The highest BCUT2D eigenvalue weighted by Gasteiger charge is 2.34. The van der Waals surface area contributed by atoms with E-state index < -0.39 is 0 Å². The lowest BCUT2D eigenvalue weighted by Gasteiger charge is -2.13. The van der Waals surface area contributed by atoms with Crippen LogP contribution < -0.4 is 0 Å². The summed E-state index contributed by atoms with van der Waals surface area (Å²) >= 11 is 1.93. The van der Waals surface area contributed by atoms with Crippen LogP contribution in [0.2, 0.25) is 0 Å². The number of carbonyl (C=O) groups excluding carboxylic acids is 2. The van der Waals surface area contributed by atoms with Gasteiger partial charge in [-0.25, -0.2) is 0 Å². The lowest BCUT2D eigenvalue weighted by atomic mass is 10.1. The number of unbranched alkanes of at least 4 members (excludes halogenated alkanes) is 4. The van der Waals surface area contributed by atoms with Gasteiger partial charge in [0.15, 0.2) is 0 Å². The molecule has 0 radical (unpaired) electrons. The fraction of sp³-hybridized carbons (Fsp3) is 0.364. The third-order valence-electron chi connectivity index (χ3n) is 4.76. The summed E-state index contributed by atoms with van der Waals surface area (Å²) in [6.45, 7) is 2.69. The molecular formula is C22H25NO2S. The highest BCUT2D eigenvalue weighted by atomic mass is 32.2. The first-order valence-corrected chi connectivity index (χ1v) is 10.3. The molecule has 0 atom stereocenters. The summed E-state index contributed by atoms with van der Waals surface area (Å²) in [5.74, 6) is 0.865. The number of rotatable bonds is 9. The molecule has 3 rings (SSSR count). The largest absolute Gasteiger partial charge is 0.274 e. The summed E-state index contributed by atoms with van der Waals surface area (Å²) in [7, 11) is 0. The van der Waals surface area contributed by atoms with Gasteiger partial charge in [0.1, 0.15) is 0 Å². The zero-order valence-corrected chi connectivity index (χ0v) is 16.1. The minimum atomic E-state index is -0.139. The van der Waals surface area contributed by atoms with Crippen LogP contribution in [0.5, 0.6) is 0 Å². The van der Waals surface area contributed by atoms with Crippen molar-refractivity contribution in [1.82, 2.24) is 4.90 Å². The molecular weight excluding hydrogens is 342 g/mol. The number of carbonyl (C=O) groups is 2. The topological polar surface area (TPSA) is 37.4 Å². The van der Waals surface area contributed by atoms with Crippen LogP contribution in [0.25, 0.3) is 0 Å². The molecule has 0 saturated heterocycles. The Morgan fingerprint density at radius 2 is 1.35 bits per heavy atom. The molecule has 0 aliphatic carbocycles. The van der Waals surface area contributed by atoms with Crippen molar-refractivity contribution in [2.45, 2.75) is 43.9 Å². The van der Waals surface area contributed by atoms with Crippen LogP contribution in [-0.2, 0) is 0 Å². The van der Waals surface area contributed by atoms with E-state index >= 15 is 0 Å². The highest BCUT2D eigenvalue weighted by molar-refractivity contribution is 7.99. The van der Waals surface area contributed by atoms with Crippen molar-refractivity contribution in [3.8, 4) is 0 Å². The molecule has 26 heavy (non-hydrogen) atoms. The van der Waals surface area contributed by atoms with Gasteiger partial charge in [-0.3, -0.25) is 14.5 Å². The van der Waals surface area contributed by atoms with E-state index in [0.717, 1.165) is 25.0 Å². The maximum absolute atomic E-state index is 12.3. The molecule has 136 valence electrons. The van der Waals surface area contributed by atoms with E-state index in [1.54, 1.807) is 12.1 Å². The van der Waals surface area contributed by atoms with E-state index in [2.05, 4.69) is 31.2 Å². The predicted molar refractivity (Wildman–Crippen MR) is 107 cm³/mol. The van der Waals surface area contributed by atoms with Gasteiger partial charge in [0.25, 0.3) is 11.8 Å². The van der Waals surface area contributed by atoms with Crippen molar-refractivity contribution < 1.29 is 9.59 Å². The number of hydrogen-bond donors (Lipinski definition) is 0. The minimum Gasteiger partial charge on any atom is -0.274 e. The molecule has 0 saturated carbocycles. The van der Waals surface area contributed by atoms with Gasteiger partial charge >= 0.3 is 0 Å². The second-order valence-electron chi connectivity index (χ2n) is 6.69. The van der Waals surface area contributed by atoms with Gasteiger partial charge < -0.3 is 0 Å². The number of imide groups is 1. The van der Waals surface area contributed by atoms with Gasteiger partial charge in [0, 0.05) is 11.4 Å². The van der Waals surface area contributed by atoms with Gasteiger partial charge in [-0.1, -0.05) is 49.6 Å². The van der Waals surface area contributed by atoms with E-state index in [9.17, 15) is 9.59 Å². The molecule has 0 bridgehead atoms. The Kier molecular flexibility index (Phi) is 6.51. The summed E-state index contributed by atoms with van der Waals surface area (Å²) in [6, 6.07) is 15.6. The van der Waals surface area contributed by atoms with Crippen LogP contribution in [0.4, 0.5) is 0 Å². The lowest BCUT2D eigenvalue weighted by molar-refractivity contribution is 0.0651. The molecule has 2 aromatic carbocycles. The lowest BCUT2D eigenvalue weighted by Crippen LogP contribution is -2.30. The number of nitrogens with zero attached hydrogens (tertiary/aromatic N) is 1. The number of benzene rings is 2. The quantitative estimate of drug-likeness (QED) is 0.341. The molecule has 1 aliphatic heterocycles. The molecule has 4 heteroatoms. The molecule has 0 spiro atoms. The summed E-state index contributed by atoms with van der Waals surface area (Å²) in [5, 5.41) is 0. The maximum atomic E-state index is 12.3. The van der Waals surface area contributed by atoms with Gasteiger partial charge in [-0.15, -0.1) is 11.8 Å². The Balaban J connectivity index is 1.30. The molecule has 0 aromatic heterocycles. The average molecular weight is 368 g/mol. The Hall–Kier alpha value is -2.07. The zero-order chi connectivity index (χ0) is 18.4. The third kappa shape index (κ3) is 4.36. The molecule has 2 aromatic rings. The van der Waals surface area contributed by atoms with Crippen LogP contribution in [0.1, 0.15) is 58.4 Å². The fourth-order valence-electron chi connectivity index (χ4n) is 3.25. The van der Waals surface area contributed by atoms with Gasteiger partial charge in [-0.2, -0.15) is 0 Å². The number of amides is 2. The number of fused-ring (bicyclic) bond motifs is 1. The van der Waals surface area contributed by atoms with Crippen molar-refractivity contribution in [2.75, 3.05) is 12.3 Å². The Morgan fingerprint density at radius 1 is 0.769 bits per heavy atom. The molecule has 1 aliphatic rings. The normalized spacial score (nSPS) is 13.3. The first kappa shape index (κ1) is 18.7. The zero-order valence-electron chi connectivity index (χ0n) is 15.2. The maximum Gasteiger partial charge on any atom is 0.261 e. The monoisotopic (exact) mass is 367 g/mol. The Morgan fingerprint density at radius 3 is 2.04 bits per heavy atom. The van der Waals surface area contributed by atoms with Crippen LogP contribution in [0, 0.1) is 6.92 Å². The first-order chi connectivity index (χ1) is 12.7. The Labute approximate surface area is 159 Å². The summed E-state index contributed by atoms with van der Waals surface area (Å²) < 4.78 is 0. The first-order valence-electron chi connectivity index (χ1n) is 9.32. The second-order valence-corrected chi connectivity index (χ2v) is 7.83.